The van der Waals surface area contributed by atoms with Crippen molar-refractivity contribution < 1.29 is 17.9 Å². The Kier molecular flexibility index (Phi) is 8.21. The van der Waals surface area contributed by atoms with Crippen molar-refractivity contribution >= 4 is 33.7 Å². The first-order chi connectivity index (χ1) is 15.8. The van der Waals surface area contributed by atoms with E-state index in [4.69, 9.17) is 16.3 Å². The molecule has 0 bridgehead atoms. The van der Waals surface area contributed by atoms with Crippen LogP contribution in [-0.4, -0.2) is 38.5 Å². The topological polar surface area (TPSA) is 88.1 Å². The second-order valence-corrected chi connectivity index (χ2v) is 9.56. The van der Waals surface area contributed by atoms with E-state index in [1.165, 1.54) is 37.6 Å². The minimum atomic E-state index is -3.97. The minimum absolute atomic E-state index is 0.0290. The number of hydrogen-bond donors (Lipinski definition) is 1. The third kappa shape index (κ3) is 6.41. The highest BCUT2D eigenvalue weighted by Crippen LogP contribution is 2.21. The fourth-order valence-corrected chi connectivity index (χ4v) is 4.60. The number of carbonyl (C=O) groups excluding carboxylic acids is 1. The first-order valence-corrected chi connectivity index (χ1v) is 11.9. The number of sulfonamides is 1. The summed E-state index contributed by atoms with van der Waals surface area (Å²) in [5, 5.41) is 4.37. The van der Waals surface area contributed by atoms with Gasteiger partial charge in [-0.1, -0.05) is 48.0 Å². The van der Waals surface area contributed by atoms with Gasteiger partial charge in [0.15, 0.2) is 0 Å². The number of nitrogens with zero attached hydrogens (tertiary/aromatic N) is 2. The van der Waals surface area contributed by atoms with Crippen molar-refractivity contribution in [1.29, 1.82) is 0 Å². The number of amides is 1. The number of rotatable bonds is 9. The molecule has 3 aromatic carbocycles. The molecule has 0 atom stereocenters. The number of para-hydroxylation sites is 1. The van der Waals surface area contributed by atoms with E-state index in [1.54, 1.807) is 12.1 Å². The van der Waals surface area contributed by atoms with Crippen LogP contribution < -0.4 is 10.2 Å². The highest BCUT2D eigenvalue weighted by Gasteiger charge is 2.27. The van der Waals surface area contributed by atoms with Crippen LogP contribution in [0.15, 0.2) is 82.8 Å². The summed E-state index contributed by atoms with van der Waals surface area (Å²) in [5.41, 5.74) is 4.78. The van der Waals surface area contributed by atoms with Gasteiger partial charge in [-0.3, -0.25) is 4.79 Å². The molecule has 1 N–H and O–H groups in total. The molecule has 3 aromatic rings. The molecule has 0 aliphatic rings. The highest BCUT2D eigenvalue weighted by molar-refractivity contribution is 7.89. The first-order valence-electron chi connectivity index (χ1n) is 10.1. The summed E-state index contributed by atoms with van der Waals surface area (Å²) >= 11 is 5.91. The molecule has 0 heterocycles. The van der Waals surface area contributed by atoms with Crippen LogP contribution in [0, 0.1) is 6.92 Å². The Morgan fingerprint density at radius 2 is 1.73 bits per heavy atom. The number of aryl methyl sites for hydroxylation is 1. The van der Waals surface area contributed by atoms with Gasteiger partial charge in [0.25, 0.3) is 5.91 Å². The summed E-state index contributed by atoms with van der Waals surface area (Å²) in [6.45, 7) is 1.50. The number of nitrogens with one attached hydrogen (secondary N) is 1. The van der Waals surface area contributed by atoms with E-state index in [0.717, 1.165) is 15.4 Å². The Balaban J connectivity index is 1.81. The highest BCUT2D eigenvalue weighted by atomic mass is 35.5. The minimum Gasteiger partial charge on any atom is -0.496 e. The molecule has 0 aromatic heterocycles. The zero-order valence-electron chi connectivity index (χ0n) is 18.2. The maximum Gasteiger partial charge on any atom is 0.255 e. The molecule has 0 fully saturated rings. The standard InChI is InChI=1S/C24H24ClN3O4S/c1-18-7-3-4-9-20(18)16-28(33(30,31)22-13-11-21(25)12-14-22)17-24(29)27-26-15-19-8-5-6-10-23(19)32-2/h3-15H,16-17H2,1-2H3,(H,27,29)/b26-15-. The van der Waals surface area contributed by atoms with Gasteiger partial charge in [-0.15, -0.1) is 0 Å². The van der Waals surface area contributed by atoms with E-state index in [2.05, 4.69) is 10.5 Å². The lowest BCUT2D eigenvalue weighted by Gasteiger charge is -2.22. The largest absolute Gasteiger partial charge is 0.496 e. The van der Waals surface area contributed by atoms with Gasteiger partial charge in [-0.05, 0) is 54.4 Å². The summed E-state index contributed by atoms with van der Waals surface area (Å²) in [6.07, 6.45) is 1.44. The molecule has 0 spiro atoms. The molecular weight excluding hydrogens is 462 g/mol. The molecule has 0 radical (unpaired) electrons. The van der Waals surface area contributed by atoms with E-state index >= 15 is 0 Å². The van der Waals surface area contributed by atoms with Gasteiger partial charge >= 0.3 is 0 Å². The normalized spacial score (nSPS) is 11.6. The molecule has 0 aliphatic carbocycles. The monoisotopic (exact) mass is 485 g/mol. The number of benzene rings is 3. The first kappa shape index (κ1) is 24.4. The molecule has 0 unspecified atom stereocenters. The molecule has 7 nitrogen and oxygen atoms in total. The molecule has 3 rings (SSSR count). The Morgan fingerprint density at radius 3 is 2.42 bits per heavy atom. The number of halogens is 1. The Morgan fingerprint density at radius 1 is 1.06 bits per heavy atom. The van der Waals surface area contributed by atoms with E-state index in [9.17, 15) is 13.2 Å². The van der Waals surface area contributed by atoms with Gasteiger partial charge < -0.3 is 4.74 Å². The second kappa shape index (κ2) is 11.1. The Hall–Kier alpha value is -3.20. The third-order valence-electron chi connectivity index (χ3n) is 4.91. The van der Waals surface area contributed by atoms with Gasteiger partial charge in [0.1, 0.15) is 5.75 Å². The van der Waals surface area contributed by atoms with Gasteiger partial charge in [0.2, 0.25) is 10.0 Å². The van der Waals surface area contributed by atoms with Crippen LogP contribution in [0.3, 0.4) is 0 Å². The van der Waals surface area contributed by atoms with Gasteiger partial charge in [-0.25, -0.2) is 13.8 Å². The zero-order chi connectivity index (χ0) is 23.8. The van der Waals surface area contributed by atoms with Crippen LogP contribution in [-0.2, 0) is 21.4 Å². The molecule has 172 valence electrons. The molecule has 9 heteroatoms. The number of methoxy groups -OCH3 is 1. The lowest BCUT2D eigenvalue weighted by molar-refractivity contribution is -0.121. The third-order valence-corrected chi connectivity index (χ3v) is 6.97. The van der Waals surface area contributed by atoms with E-state index in [1.807, 2.05) is 43.3 Å². The van der Waals surface area contributed by atoms with Crippen molar-refractivity contribution in [1.82, 2.24) is 9.73 Å². The molecule has 0 saturated heterocycles. The number of hydrazone groups is 1. The van der Waals surface area contributed by atoms with Crippen LogP contribution >= 0.6 is 11.6 Å². The fourth-order valence-electron chi connectivity index (χ4n) is 3.10. The van der Waals surface area contributed by atoms with Crippen LogP contribution in [0.4, 0.5) is 0 Å². The molecule has 0 aliphatic heterocycles. The average molecular weight is 486 g/mol. The van der Waals surface area contributed by atoms with Crippen LogP contribution in [0.2, 0.25) is 5.02 Å². The van der Waals surface area contributed by atoms with Gasteiger partial charge in [0, 0.05) is 17.1 Å². The number of ether oxygens (including phenoxy) is 1. The zero-order valence-corrected chi connectivity index (χ0v) is 19.8. The van der Waals surface area contributed by atoms with Crippen molar-refractivity contribution in [3.63, 3.8) is 0 Å². The summed E-state index contributed by atoms with van der Waals surface area (Å²) in [7, 11) is -2.44. The van der Waals surface area contributed by atoms with Crippen molar-refractivity contribution in [3.8, 4) is 5.75 Å². The number of carbonyl (C=O) groups is 1. The molecule has 0 saturated carbocycles. The van der Waals surface area contributed by atoms with Crippen molar-refractivity contribution in [2.75, 3.05) is 13.7 Å². The SMILES string of the molecule is COc1ccccc1/C=N\NC(=O)CN(Cc1ccccc1C)S(=O)(=O)c1ccc(Cl)cc1. The summed E-state index contributed by atoms with van der Waals surface area (Å²) in [4.78, 5) is 12.7. The lowest BCUT2D eigenvalue weighted by atomic mass is 10.1. The van der Waals surface area contributed by atoms with Gasteiger partial charge in [-0.2, -0.15) is 9.41 Å². The number of hydrogen-bond acceptors (Lipinski definition) is 5. The maximum atomic E-state index is 13.3. The predicted octanol–water partition coefficient (Wildman–Crippen LogP) is 4.00. The van der Waals surface area contributed by atoms with Crippen molar-refractivity contribution in [2.45, 2.75) is 18.4 Å². The van der Waals surface area contributed by atoms with Crippen molar-refractivity contribution in [2.24, 2.45) is 5.10 Å². The van der Waals surface area contributed by atoms with E-state index < -0.39 is 22.5 Å². The van der Waals surface area contributed by atoms with Crippen molar-refractivity contribution in [3.05, 3.63) is 94.5 Å². The van der Waals surface area contributed by atoms with Crippen LogP contribution in [0.1, 0.15) is 16.7 Å². The summed E-state index contributed by atoms with van der Waals surface area (Å²) in [5.74, 6) is 0.0225. The van der Waals surface area contributed by atoms with E-state index in [0.29, 0.717) is 16.3 Å². The van der Waals surface area contributed by atoms with Crippen LogP contribution in [0.25, 0.3) is 0 Å². The quantitative estimate of drug-likeness (QED) is 0.366. The molecular formula is C24H24ClN3O4S. The Bertz CT molecular complexity index is 1240. The van der Waals surface area contributed by atoms with E-state index in [-0.39, 0.29) is 11.4 Å². The molecule has 33 heavy (non-hydrogen) atoms. The summed E-state index contributed by atoms with van der Waals surface area (Å²) < 4.78 is 33.0. The van der Waals surface area contributed by atoms with Gasteiger partial charge in [0.05, 0.1) is 24.8 Å². The fraction of sp³-hybridized carbons (Fsp3) is 0.167. The molecule has 1 amide bonds. The van der Waals surface area contributed by atoms with Crippen LogP contribution in [0.5, 0.6) is 5.75 Å². The summed E-state index contributed by atoms with van der Waals surface area (Å²) in [6, 6.07) is 20.4. The smallest absolute Gasteiger partial charge is 0.255 e. The second-order valence-electron chi connectivity index (χ2n) is 7.19. The maximum absolute atomic E-state index is 13.3. The lowest BCUT2D eigenvalue weighted by Crippen LogP contribution is -2.39. The Labute approximate surface area is 198 Å². The average Bonchev–Trinajstić information content (AvgIpc) is 2.80. The predicted molar refractivity (Wildman–Crippen MR) is 129 cm³/mol.